The molecule has 5 heteroatoms. The molecule has 1 saturated carbocycles. The highest BCUT2D eigenvalue weighted by molar-refractivity contribution is 5.86. The number of carboxylic acids is 1. The maximum absolute atomic E-state index is 12.3. The molecular formula is C13H21NO4. The normalized spacial score (nSPS) is 32.3. The van der Waals surface area contributed by atoms with Gasteiger partial charge in [-0.15, -0.1) is 0 Å². The molecule has 4 atom stereocenters. The van der Waals surface area contributed by atoms with Crippen LogP contribution in [-0.2, 0) is 14.3 Å². The fourth-order valence-corrected chi connectivity index (χ4v) is 3.45. The molecule has 1 amide bonds. The SMILES string of the molecule is COCC(C)C(=O)N1CC2CCCC2C1C(=O)O. The van der Waals surface area contributed by atoms with Crippen molar-refractivity contribution < 1.29 is 19.4 Å². The Kier molecular flexibility index (Phi) is 3.90. The number of ether oxygens (including phenoxy) is 1. The number of rotatable bonds is 4. The Bertz CT molecular complexity index is 344. The van der Waals surface area contributed by atoms with E-state index in [1.54, 1.807) is 18.9 Å². The van der Waals surface area contributed by atoms with Crippen molar-refractivity contribution in [3.8, 4) is 0 Å². The minimum absolute atomic E-state index is 0.0846. The van der Waals surface area contributed by atoms with Crippen LogP contribution in [0.4, 0.5) is 0 Å². The lowest BCUT2D eigenvalue weighted by molar-refractivity contribution is -0.151. The number of nitrogens with zero attached hydrogens (tertiary/aromatic N) is 1. The van der Waals surface area contributed by atoms with E-state index in [4.69, 9.17) is 4.74 Å². The topological polar surface area (TPSA) is 66.8 Å². The van der Waals surface area contributed by atoms with Crippen molar-refractivity contribution in [1.29, 1.82) is 0 Å². The van der Waals surface area contributed by atoms with Crippen LogP contribution >= 0.6 is 0 Å². The molecule has 0 aromatic carbocycles. The number of aliphatic carboxylic acids is 1. The quantitative estimate of drug-likeness (QED) is 0.813. The number of carbonyl (C=O) groups excluding carboxylic acids is 1. The molecular weight excluding hydrogens is 234 g/mol. The van der Waals surface area contributed by atoms with Gasteiger partial charge < -0.3 is 14.7 Å². The third kappa shape index (κ3) is 2.23. The zero-order valence-electron chi connectivity index (χ0n) is 11.0. The van der Waals surface area contributed by atoms with Crippen molar-refractivity contribution in [2.75, 3.05) is 20.3 Å². The molecule has 1 N–H and O–H groups in total. The molecule has 18 heavy (non-hydrogen) atoms. The standard InChI is InChI=1S/C13H21NO4/c1-8(7-18-2)12(15)14-6-9-4-3-5-10(9)11(14)13(16)17/h8-11H,3-7H2,1-2H3,(H,16,17). The Balaban J connectivity index is 2.12. The van der Waals surface area contributed by atoms with Crippen LogP contribution < -0.4 is 0 Å². The van der Waals surface area contributed by atoms with Gasteiger partial charge >= 0.3 is 5.97 Å². The molecule has 0 aromatic rings. The van der Waals surface area contributed by atoms with Gasteiger partial charge in [0.15, 0.2) is 0 Å². The molecule has 2 aliphatic rings. The highest BCUT2D eigenvalue weighted by atomic mass is 16.5. The average molecular weight is 255 g/mol. The first-order chi connectivity index (χ1) is 8.56. The maximum Gasteiger partial charge on any atom is 0.326 e. The number of methoxy groups -OCH3 is 1. The second kappa shape index (κ2) is 5.26. The molecule has 0 bridgehead atoms. The summed E-state index contributed by atoms with van der Waals surface area (Å²) in [6, 6.07) is -0.621. The van der Waals surface area contributed by atoms with Gasteiger partial charge in [-0.1, -0.05) is 13.3 Å². The lowest BCUT2D eigenvalue weighted by atomic mass is 9.94. The van der Waals surface area contributed by atoms with Crippen molar-refractivity contribution in [1.82, 2.24) is 4.90 Å². The molecule has 0 radical (unpaired) electrons. The zero-order valence-corrected chi connectivity index (χ0v) is 11.0. The summed E-state index contributed by atoms with van der Waals surface area (Å²) < 4.78 is 4.98. The fraction of sp³-hybridized carbons (Fsp3) is 0.846. The van der Waals surface area contributed by atoms with Gasteiger partial charge in [-0.3, -0.25) is 4.79 Å². The lowest BCUT2D eigenvalue weighted by Gasteiger charge is -2.26. The summed E-state index contributed by atoms with van der Waals surface area (Å²) in [6.07, 6.45) is 3.08. The summed E-state index contributed by atoms with van der Waals surface area (Å²) in [6.45, 7) is 2.74. The van der Waals surface area contributed by atoms with E-state index in [0.717, 1.165) is 19.3 Å². The molecule has 5 nitrogen and oxygen atoms in total. The highest BCUT2D eigenvalue weighted by Crippen LogP contribution is 2.42. The van der Waals surface area contributed by atoms with Gasteiger partial charge in [0.2, 0.25) is 5.91 Å². The van der Waals surface area contributed by atoms with Gasteiger partial charge in [-0.2, -0.15) is 0 Å². The summed E-state index contributed by atoms with van der Waals surface area (Å²) >= 11 is 0. The number of likely N-dealkylation sites (tertiary alicyclic amines) is 1. The minimum Gasteiger partial charge on any atom is -0.480 e. The van der Waals surface area contributed by atoms with Crippen LogP contribution in [0.2, 0.25) is 0 Å². The molecule has 2 fully saturated rings. The van der Waals surface area contributed by atoms with Crippen molar-refractivity contribution in [3.63, 3.8) is 0 Å². The third-order valence-electron chi connectivity index (χ3n) is 4.26. The fourth-order valence-electron chi connectivity index (χ4n) is 3.45. The molecule has 0 aromatic heterocycles. The third-order valence-corrected chi connectivity index (χ3v) is 4.26. The Hall–Kier alpha value is -1.10. The Morgan fingerprint density at radius 2 is 2.17 bits per heavy atom. The second-order valence-electron chi connectivity index (χ2n) is 5.48. The first-order valence-corrected chi connectivity index (χ1v) is 6.58. The number of fused-ring (bicyclic) bond motifs is 1. The summed E-state index contributed by atoms with van der Waals surface area (Å²) in [7, 11) is 1.55. The van der Waals surface area contributed by atoms with Crippen LogP contribution in [0, 0.1) is 17.8 Å². The first kappa shape index (κ1) is 13.3. The van der Waals surface area contributed by atoms with Gasteiger partial charge in [-0.05, 0) is 24.7 Å². The molecule has 1 aliphatic heterocycles. The van der Waals surface area contributed by atoms with Crippen molar-refractivity contribution in [2.45, 2.75) is 32.2 Å². The van der Waals surface area contributed by atoms with Crippen molar-refractivity contribution >= 4 is 11.9 Å². The first-order valence-electron chi connectivity index (χ1n) is 6.58. The molecule has 102 valence electrons. The minimum atomic E-state index is -0.859. The van der Waals surface area contributed by atoms with Crippen molar-refractivity contribution in [2.24, 2.45) is 17.8 Å². The van der Waals surface area contributed by atoms with E-state index in [0.29, 0.717) is 19.1 Å². The largest absolute Gasteiger partial charge is 0.480 e. The molecule has 2 rings (SSSR count). The molecule has 1 saturated heterocycles. The Labute approximate surface area is 107 Å². The van der Waals surface area contributed by atoms with E-state index in [1.165, 1.54) is 0 Å². The van der Waals surface area contributed by atoms with E-state index in [1.807, 2.05) is 0 Å². The summed E-state index contributed by atoms with van der Waals surface area (Å²) in [5.74, 6) is -0.678. The van der Waals surface area contributed by atoms with Crippen LogP contribution in [0.15, 0.2) is 0 Å². The summed E-state index contributed by atoms with van der Waals surface area (Å²) in [5.41, 5.74) is 0. The molecule has 0 spiro atoms. The second-order valence-corrected chi connectivity index (χ2v) is 5.48. The molecule has 1 heterocycles. The average Bonchev–Trinajstić information content (AvgIpc) is 2.86. The van der Waals surface area contributed by atoms with Gasteiger partial charge in [0, 0.05) is 13.7 Å². The van der Waals surface area contributed by atoms with Gasteiger partial charge in [0.25, 0.3) is 0 Å². The van der Waals surface area contributed by atoms with Gasteiger partial charge in [0.05, 0.1) is 12.5 Å². The van der Waals surface area contributed by atoms with Crippen LogP contribution in [0.1, 0.15) is 26.2 Å². The summed E-state index contributed by atoms with van der Waals surface area (Å²) in [5, 5.41) is 9.37. The maximum atomic E-state index is 12.3. The molecule has 4 unspecified atom stereocenters. The predicted molar refractivity (Wildman–Crippen MR) is 65.0 cm³/mol. The van der Waals surface area contributed by atoms with Gasteiger partial charge in [0.1, 0.15) is 6.04 Å². The van der Waals surface area contributed by atoms with E-state index in [-0.39, 0.29) is 17.7 Å². The number of carboxylic acid groups (broad SMARTS) is 1. The summed E-state index contributed by atoms with van der Waals surface area (Å²) in [4.78, 5) is 25.2. The van der Waals surface area contributed by atoms with Crippen LogP contribution in [0.5, 0.6) is 0 Å². The number of carbonyl (C=O) groups is 2. The van der Waals surface area contributed by atoms with E-state index in [2.05, 4.69) is 0 Å². The van der Waals surface area contributed by atoms with Gasteiger partial charge in [-0.25, -0.2) is 4.79 Å². The predicted octanol–water partition coefficient (Wildman–Crippen LogP) is 0.981. The van der Waals surface area contributed by atoms with Crippen LogP contribution in [-0.4, -0.2) is 48.2 Å². The van der Waals surface area contributed by atoms with Crippen molar-refractivity contribution in [3.05, 3.63) is 0 Å². The van der Waals surface area contributed by atoms with E-state index >= 15 is 0 Å². The van der Waals surface area contributed by atoms with E-state index in [9.17, 15) is 14.7 Å². The van der Waals surface area contributed by atoms with E-state index < -0.39 is 12.0 Å². The van der Waals surface area contributed by atoms with Crippen LogP contribution in [0.3, 0.4) is 0 Å². The molecule has 1 aliphatic carbocycles. The highest BCUT2D eigenvalue weighted by Gasteiger charge is 2.49. The van der Waals surface area contributed by atoms with Crippen LogP contribution in [0.25, 0.3) is 0 Å². The Morgan fingerprint density at radius 3 is 2.78 bits per heavy atom. The smallest absolute Gasteiger partial charge is 0.326 e. The monoisotopic (exact) mass is 255 g/mol. The number of amides is 1. The Morgan fingerprint density at radius 1 is 1.44 bits per heavy atom. The zero-order chi connectivity index (χ0) is 13.3. The number of hydrogen-bond donors (Lipinski definition) is 1. The number of hydrogen-bond acceptors (Lipinski definition) is 3. The lowest BCUT2D eigenvalue weighted by Crippen LogP contribution is -2.46.